The molecule has 1 fully saturated rings. The summed E-state index contributed by atoms with van der Waals surface area (Å²) in [6.07, 6.45) is -2.79. The first-order valence-corrected chi connectivity index (χ1v) is 28.0. The number of aliphatic hydroxyl groups excluding tert-OH is 3. The molecule has 464 valence electrons. The van der Waals surface area contributed by atoms with Gasteiger partial charge < -0.3 is 102 Å². The highest BCUT2D eigenvalue weighted by molar-refractivity contribution is 5.99. The van der Waals surface area contributed by atoms with Crippen LogP contribution in [0, 0.1) is 11.8 Å². The van der Waals surface area contributed by atoms with Gasteiger partial charge in [-0.15, -0.1) is 0 Å². The van der Waals surface area contributed by atoms with Crippen LogP contribution in [0.25, 0.3) is 0 Å². The van der Waals surface area contributed by atoms with E-state index in [1.807, 2.05) is 0 Å². The molecular weight excluding hydrogens is 1060 g/mol. The third-order valence-corrected chi connectivity index (χ3v) is 13.4. The Bertz CT molecular complexity index is 2050. The lowest BCUT2D eigenvalue weighted by Crippen LogP contribution is -2.62. The molecule has 30 nitrogen and oxygen atoms in total. The third kappa shape index (κ3) is 26.5. The van der Waals surface area contributed by atoms with Crippen molar-refractivity contribution >= 4 is 65.0 Å². The van der Waals surface area contributed by atoms with Gasteiger partial charge in [0.2, 0.25) is 65.0 Å². The topological polar surface area (TPSA) is 511 Å². The molecule has 1 aliphatic heterocycles. The predicted octanol–water partition coefficient (Wildman–Crippen LogP) is -7.11. The van der Waals surface area contributed by atoms with Crippen LogP contribution < -0.4 is 87.2 Å². The lowest BCUT2D eigenvalue weighted by Gasteiger charge is -2.29. The van der Waals surface area contributed by atoms with Gasteiger partial charge in [-0.3, -0.25) is 52.7 Å². The Hall–Kier alpha value is -6.15. The molecule has 24 N–H and O–H groups in total. The minimum Gasteiger partial charge on any atom is -0.391 e. The summed E-state index contributed by atoms with van der Waals surface area (Å²) in [4.78, 5) is 152. The molecule has 1 rings (SSSR count). The summed E-state index contributed by atoms with van der Waals surface area (Å²) in [5.74, 6) is -10.1. The molecule has 1 aliphatic rings. The Kier molecular flexibility index (Phi) is 34.7. The second kappa shape index (κ2) is 38.5. The average molecular weight is 1160 g/mol. The van der Waals surface area contributed by atoms with Gasteiger partial charge in [0.15, 0.2) is 0 Å². The molecular formula is C51H96N16O14. The number of hydrogen-bond acceptors (Lipinski definition) is 19. The highest BCUT2D eigenvalue weighted by Crippen LogP contribution is 2.13. The quantitative estimate of drug-likeness (QED) is 0.0324. The molecule has 14 atom stereocenters. The number of hydrogen-bond donors (Lipinski definition) is 19. The number of aliphatic hydroxyl groups is 3. The lowest BCUT2D eigenvalue weighted by molar-refractivity contribution is -0.137. The van der Waals surface area contributed by atoms with Crippen molar-refractivity contribution in [2.75, 3.05) is 39.3 Å². The maximum Gasteiger partial charge on any atom is 0.245 e. The summed E-state index contributed by atoms with van der Waals surface area (Å²) in [6, 6.07) is -15.4. The monoisotopic (exact) mass is 1160 g/mol. The molecule has 0 aliphatic carbocycles. The molecule has 11 amide bonds. The van der Waals surface area contributed by atoms with E-state index in [2.05, 4.69) is 72.3 Å². The van der Waals surface area contributed by atoms with E-state index in [1.54, 1.807) is 13.8 Å². The Morgan fingerprint density at radius 3 is 1.46 bits per heavy atom. The van der Waals surface area contributed by atoms with Crippen LogP contribution >= 0.6 is 0 Å². The summed E-state index contributed by atoms with van der Waals surface area (Å²) < 4.78 is 0. The Balaban J connectivity index is 3.79. The zero-order chi connectivity index (χ0) is 61.5. The van der Waals surface area contributed by atoms with Crippen LogP contribution in [0.15, 0.2) is 0 Å². The zero-order valence-corrected chi connectivity index (χ0v) is 48.1. The molecule has 81 heavy (non-hydrogen) atoms. The van der Waals surface area contributed by atoms with Crippen molar-refractivity contribution in [3.63, 3.8) is 0 Å². The van der Waals surface area contributed by atoms with Gasteiger partial charge in [-0.2, -0.15) is 0 Å². The second-order valence-corrected chi connectivity index (χ2v) is 21.0. The van der Waals surface area contributed by atoms with Gasteiger partial charge in [-0.1, -0.05) is 47.0 Å². The van der Waals surface area contributed by atoms with E-state index >= 15 is 0 Å². The van der Waals surface area contributed by atoms with Crippen molar-refractivity contribution in [1.82, 2.24) is 58.5 Å². The third-order valence-electron chi connectivity index (χ3n) is 13.4. The van der Waals surface area contributed by atoms with E-state index in [0.717, 1.165) is 19.3 Å². The number of carbonyl (C=O) groups is 11. The summed E-state index contributed by atoms with van der Waals surface area (Å²) in [5.41, 5.74) is 29.0. The van der Waals surface area contributed by atoms with Crippen LogP contribution in [-0.4, -0.2) is 198 Å². The Labute approximate surface area is 474 Å². The molecule has 0 aromatic heterocycles. The average Bonchev–Trinajstić information content (AvgIpc) is 3.39. The zero-order valence-electron chi connectivity index (χ0n) is 48.1. The molecule has 0 unspecified atom stereocenters. The minimum absolute atomic E-state index is 0.0215. The number of rotatable bonds is 28. The molecule has 0 radical (unpaired) electrons. The van der Waals surface area contributed by atoms with E-state index in [1.165, 1.54) is 20.8 Å². The standard InChI is InChI=1S/C51H96N16O14/c1-8-27(4)11-9-10-12-38(71)58-31(13-19-52)46(76)66-40(29(6)69)50(80)63-34(16-22-55)43(73)61-36-18-24-57-49(79)39(28(5)68)65-47(77)35(17-23-56)60-42(72)33(15-21-54)62-51(81)41(30(7)70)67-48(78)37(25-26(2)3)64-44(74)32(14-20-53)59-45(36)75/h26-37,39-41,68-70H,8-25,52-56H2,1-7H3,(H,57,79)(H,58,71)(H,59,75)(H,60,72)(H,61,73)(H,62,81)(H,63,80)(H,64,74)(H,65,77)(H,66,76)(H,67,78)/t27-,28+,29+,30+,31-,32-,33-,34+,35-,36-,37+,39-,40-,41-/m0/s1. The maximum absolute atomic E-state index is 14.4. The fourth-order valence-corrected chi connectivity index (χ4v) is 8.44. The van der Waals surface area contributed by atoms with Crippen LogP contribution in [0.2, 0.25) is 0 Å². The maximum atomic E-state index is 14.4. The van der Waals surface area contributed by atoms with Crippen LogP contribution in [0.1, 0.15) is 126 Å². The Morgan fingerprint density at radius 2 is 0.988 bits per heavy atom. The molecule has 0 bridgehead atoms. The highest BCUT2D eigenvalue weighted by atomic mass is 16.3. The predicted molar refractivity (Wildman–Crippen MR) is 298 cm³/mol. The molecule has 30 heteroatoms. The van der Waals surface area contributed by atoms with Crippen molar-refractivity contribution in [2.24, 2.45) is 40.5 Å². The summed E-state index contributed by atoms with van der Waals surface area (Å²) in [5, 5.41) is 59.4. The van der Waals surface area contributed by atoms with Crippen LogP contribution in [0.5, 0.6) is 0 Å². The molecule has 0 saturated carbocycles. The molecule has 1 saturated heterocycles. The van der Waals surface area contributed by atoms with Crippen molar-refractivity contribution < 1.29 is 68.1 Å². The fourth-order valence-electron chi connectivity index (χ4n) is 8.44. The molecule has 0 aromatic carbocycles. The summed E-state index contributed by atoms with van der Waals surface area (Å²) in [7, 11) is 0. The van der Waals surface area contributed by atoms with E-state index in [-0.39, 0.29) is 83.6 Å². The lowest BCUT2D eigenvalue weighted by atomic mass is 10.0. The number of nitrogens with two attached hydrogens (primary N) is 5. The Morgan fingerprint density at radius 1 is 0.531 bits per heavy atom. The van der Waals surface area contributed by atoms with Crippen LogP contribution in [-0.2, 0) is 52.7 Å². The molecule has 1 heterocycles. The first-order chi connectivity index (χ1) is 38.2. The van der Waals surface area contributed by atoms with Crippen molar-refractivity contribution in [3.8, 4) is 0 Å². The van der Waals surface area contributed by atoms with Gasteiger partial charge in [0.05, 0.1) is 18.3 Å². The first kappa shape index (κ1) is 72.9. The van der Waals surface area contributed by atoms with E-state index < -0.39 is 157 Å². The number of amides is 11. The van der Waals surface area contributed by atoms with Crippen molar-refractivity contribution in [3.05, 3.63) is 0 Å². The number of carbonyl (C=O) groups excluding carboxylic acids is 11. The number of nitrogens with one attached hydrogen (secondary N) is 11. The second-order valence-electron chi connectivity index (χ2n) is 21.0. The fraction of sp³-hybridized carbons (Fsp3) is 0.784. The smallest absolute Gasteiger partial charge is 0.245 e. The van der Waals surface area contributed by atoms with Gasteiger partial charge in [-0.25, -0.2) is 0 Å². The molecule has 0 aromatic rings. The van der Waals surface area contributed by atoms with Crippen LogP contribution in [0.3, 0.4) is 0 Å². The SMILES string of the molecule is CC[C@H](C)CCCCC(=O)N[C@@H](CCN)C(=O)N[C@H](C(=O)N[C@H](CCN)C(=O)N[C@H]1CCNC(=O)[C@H]([C@@H](C)O)NC(=O)[C@H](CCN)NC(=O)[C@H](CCN)NC(=O)[C@H]([C@@H](C)O)NC(=O)[C@@H](CC(C)C)NC(=O)[C@H](CCN)NC1=O)[C@@H](C)O. The summed E-state index contributed by atoms with van der Waals surface area (Å²) in [6.45, 7) is 9.91. The van der Waals surface area contributed by atoms with Gasteiger partial charge >= 0.3 is 0 Å². The van der Waals surface area contributed by atoms with Gasteiger partial charge in [0.1, 0.15) is 60.4 Å². The van der Waals surface area contributed by atoms with Gasteiger partial charge in [0.25, 0.3) is 0 Å². The first-order valence-electron chi connectivity index (χ1n) is 28.0. The largest absolute Gasteiger partial charge is 0.391 e. The minimum atomic E-state index is -1.73. The van der Waals surface area contributed by atoms with Crippen molar-refractivity contribution in [2.45, 2.75) is 204 Å². The number of unbranched alkanes of at least 4 members (excludes halogenated alkanes) is 1. The van der Waals surface area contributed by atoms with Crippen molar-refractivity contribution in [1.29, 1.82) is 0 Å². The van der Waals surface area contributed by atoms with Gasteiger partial charge in [0, 0.05) is 13.0 Å². The van der Waals surface area contributed by atoms with E-state index in [0.29, 0.717) is 12.3 Å². The van der Waals surface area contributed by atoms with E-state index in [4.69, 9.17) is 28.7 Å². The van der Waals surface area contributed by atoms with Crippen LogP contribution in [0.4, 0.5) is 0 Å². The summed E-state index contributed by atoms with van der Waals surface area (Å²) >= 11 is 0. The highest BCUT2D eigenvalue weighted by Gasteiger charge is 2.38. The molecule has 0 spiro atoms. The van der Waals surface area contributed by atoms with E-state index in [9.17, 15) is 68.1 Å². The normalized spacial score (nSPS) is 23.9. The van der Waals surface area contributed by atoms with Gasteiger partial charge in [-0.05, 0) is 117 Å².